The largest absolute Gasteiger partial charge is 0.0774 e. The molecule has 2 aromatic rings. The molecule has 1 fully saturated rings. The van der Waals surface area contributed by atoms with Crippen molar-refractivity contribution in [1.82, 2.24) is 0 Å². The van der Waals surface area contributed by atoms with Crippen LogP contribution in [0.15, 0.2) is 83.0 Å². The van der Waals surface area contributed by atoms with E-state index in [1.165, 1.54) is 35.2 Å². The van der Waals surface area contributed by atoms with Crippen molar-refractivity contribution in [2.75, 3.05) is 0 Å². The fraction of sp³-hybridized carbons (Fsp3) is 0.333. The Hall–Kier alpha value is -2.12. The first-order chi connectivity index (χ1) is 13.5. The highest BCUT2D eigenvalue weighted by atomic mass is 28.3. The number of fused-ring (bicyclic) bond motifs is 1. The van der Waals surface area contributed by atoms with Gasteiger partial charge >= 0.3 is 0 Å². The van der Waals surface area contributed by atoms with Crippen molar-refractivity contribution in [2.45, 2.75) is 57.3 Å². The van der Waals surface area contributed by atoms with Gasteiger partial charge in [-0.1, -0.05) is 90.3 Å². The minimum Gasteiger partial charge on any atom is -0.0712 e. The molecular weight excluding hydrogens is 352 g/mol. The highest BCUT2D eigenvalue weighted by Crippen LogP contribution is 2.61. The van der Waals surface area contributed by atoms with Crippen LogP contribution in [0.1, 0.15) is 56.3 Å². The SMILES string of the molecule is CC1=C(C)C([Si]2(C3C=C(c4ccccc4)c4ccccc43)CCC2)C(C)=C1C. The van der Waals surface area contributed by atoms with E-state index in [0.29, 0.717) is 5.54 Å². The molecule has 5 rings (SSSR count). The molecule has 0 nitrogen and oxygen atoms in total. The maximum atomic E-state index is 2.68. The Morgan fingerprint density at radius 3 is 1.96 bits per heavy atom. The summed E-state index contributed by atoms with van der Waals surface area (Å²) >= 11 is 0. The fourth-order valence-electron chi connectivity index (χ4n) is 6.28. The molecule has 2 aromatic carbocycles. The van der Waals surface area contributed by atoms with Gasteiger partial charge in [0.15, 0.2) is 0 Å². The summed E-state index contributed by atoms with van der Waals surface area (Å²) in [5.74, 6) is 0. The maximum Gasteiger partial charge on any atom is 0.0774 e. The zero-order chi connectivity index (χ0) is 19.5. The second kappa shape index (κ2) is 6.45. The Morgan fingerprint density at radius 1 is 0.750 bits per heavy atom. The van der Waals surface area contributed by atoms with Crippen molar-refractivity contribution < 1.29 is 0 Å². The Labute approximate surface area is 170 Å². The van der Waals surface area contributed by atoms with Crippen molar-refractivity contribution in [3.05, 3.63) is 99.7 Å². The first-order valence-corrected chi connectivity index (χ1v) is 13.3. The van der Waals surface area contributed by atoms with Crippen LogP contribution in [0.25, 0.3) is 5.57 Å². The van der Waals surface area contributed by atoms with Crippen LogP contribution in [0, 0.1) is 0 Å². The molecule has 1 atom stereocenters. The number of hydrogen-bond donors (Lipinski definition) is 0. The van der Waals surface area contributed by atoms with E-state index in [-0.39, 0.29) is 0 Å². The fourth-order valence-corrected chi connectivity index (χ4v) is 12.5. The standard InChI is InChI=1S/C27H30Si/c1-18-19(2)21(4)27(20(18)3)28(15-10-16-28)26-17-25(22-11-6-5-7-12-22)23-13-8-9-14-24(23)26/h5-9,11-14,17,26-27H,10,15-16H2,1-4H3. The second-order valence-electron chi connectivity index (χ2n) is 9.15. The summed E-state index contributed by atoms with van der Waals surface area (Å²) in [6.07, 6.45) is 4.10. The molecule has 2 aliphatic carbocycles. The van der Waals surface area contributed by atoms with Gasteiger partial charge in [-0.2, -0.15) is 0 Å². The summed E-state index contributed by atoms with van der Waals surface area (Å²) < 4.78 is 0. The van der Waals surface area contributed by atoms with E-state index in [1.54, 1.807) is 27.9 Å². The number of allylic oxidation sites excluding steroid dienone is 5. The predicted molar refractivity (Wildman–Crippen MR) is 123 cm³/mol. The lowest BCUT2D eigenvalue weighted by atomic mass is 9.99. The van der Waals surface area contributed by atoms with Crippen LogP contribution in [-0.2, 0) is 0 Å². The molecule has 1 saturated heterocycles. The second-order valence-corrected chi connectivity index (χ2v) is 13.8. The molecule has 0 radical (unpaired) electrons. The van der Waals surface area contributed by atoms with Crippen LogP contribution in [-0.4, -0.2) is 8.07 Å². The lowest BCUT2D eigenvalue weighted by Crippen LogP contribution is -2.51. The molecule has 0 bridgehead atoms. The zero-order valence-corrected chi connectivity index (χ0v) is 18.5. The van der Waals surface area contributed by atoms with Gasteiger partial charge in [0.25, 0.3) is 0 Å². The van der Waals surface area contributed by atoms with E-state index in [1.807, 2.05) is 0 Å². The van der Waals surface area contributed by atoms with Crippen LogP contribution in [0.3, 0.4) is 0 Å². The maximum absolute atomic E-state index is 2.68. The van der Waals surface area contributed by atoms with Gasteiger partial charge in [-0.3, -0.25) is 0 Å². The first-order valence-electron chi connectivity index (χ1n) is 10.8. The molecule has 3 aliphatic rings. The lowest BCUT2D eigenvalue weighted by Gasteiger charge is -2.50. The van der Waals surface area contributed by atoms with E-state index in [4.69, 9.17) is 0 Å². The number of benzene rings is 2. The third-order valence-corrected chi connectivity index (χ3v) is 14.4. The molecule has 0 spiro atoms. The summed E-state index contributed by atoms with van der Waals surface area (Å²) in [6, 6.07) is 23.2. The van der Waals surface area contributed by atoms with Crippen molar-refractivity contribution in [3.63, 3.8) is 0 Å². The van der Waals surface area contributed by atoms with Gasteiger partial charge < -0.3 is 0 Å². The Kier molecular flexibility index (Phi) is 4.14. The quantitative estimate of drug-likeness (QED) is 0.478. The first kappa shape index (κ1) is 17.9. The highest BCUT2D eigenvalue weighted by Gasteiger charge is 2.55. The van der Waals surface area contributed by atoms with Crippen molar-refractivity contribution in [1.29, 1.82) is 0 Å². The number of rotatable bonds is 3. The summed E-state index contributed by atoms with van der Waals surface area (Å²) in [4.78, 5) is 0. The van der Waals surface area contributed by atoms with Gasteiger partial charge in [-0.15, -0.1) is 0 Å². The molecule has 0 aromatic heterocycles. The molecule has 1 heterocycles. The van der Waals surface area contributed by atoms with Gasteiger partial charge in [-0.05, 0) is 72.2 Å². The van der Waals surface area contributed by atoms with Crippen LogP contribution >= 0.6 is 0 Å². The minimum absolute atomic E-state index is 0.654. The topological polar surface area (TPSA) is 0 Å². The molecule has 142 valence electrons. The Bertz CT molecular complexity index is 1010. The molecule has 0 N–H and O–H groups in total. The third kappa shape index (κ3) is 2.35. The van der Waals surface area contributed by atoms with Gasteiger partial charge in [0, 0.05) is 0 Å². The Balaban J connectivity index is 1.67. The van der Waals surface area contributed by atoms with Crippen molar-refractivity contribution >= 4 is 13.6 Å². The average Bonchev–Trinajstić information content (AvgIpc) is 3.16. The minimum atomic E-state index is -1.50. The molecule has 1 unspecified atom stereocenters. The third-order valence-electron chi connectivity index (χ3n) is 8.09. The van der Waals surface area contributed by atoms with Crippen molar-refractivity contribution in [2.24, 2.45) is 0 Å². The van der Waals surface area contributed by atoms with Crippen LogP contribution in [0.4, 0.5) is 0 Å². The summed E-state index contributed by atoms with van der Waals surface area (Å²) in [5, 5.41) is 0. The molecule has 0 saturated carbocycles. The van der Waals surface area contributed by atoms with E-state index in [2.05, 4.69) is 88.4 Å². The normalized spacial score (nSPS) is 23.7. The molecule has 1 heteroatoms. The van der Waals surface area contributed by atoms with Gasteiger partial charge in [0.1, 0.15) is 0 Å². The van der Waals surface area contributed by atoms with Crippen LogP contribution in [0.5, 0.6) is 0 Å². The van der Waals surface area contributed by atoms with Crippen LogP contribution < -0.4 is 0 Å². The summed E-state index contributed by atoms with van der Waals surface area (Å²) in [5.41, 5.74) is 13.8. The molecule has 28 heavy (non-hydrogen) atoms. The van der Waals surface area contributed by atoms with Gasteiger partial charge in [-0.25, -0.2) is 0 Å². The van der Waals surface area contributed by atoms with E-state index in [9.17, 15) is 0 Å². The lowest BCUT2D eigenvalue weighted by molar-refractivity contribution is 0.798. The van der Waals surface area contributed by atoms with Gasteiger partial charge in [0.2, 0.25) is 0 Å². The zero-order valence-electron chi connectivity index (χ0n) is 17.5. The van der Waals surface area contributed by atoms with Gasteiger partial charge in [0.05, 0.1) is 8.07 Å². The van der Waals surface area contributed by atoms with E-state index < -0.39 is 8.07 Å². The summed E-state index contributed by atoms with van der Waals surface area (Å²) in [7, 11) is -1.50. The van der Waals surface area contributed by atoms with E-state index in [0.717, 1.165) is 5.54 Å². The predicted octanol–water partition coefficient (Wildman–Crippen LogP) is 7.66. The smallest absolute Gasteiger partial charge is 0.0712 e. The molecule has 1 aliphatic heterocycles. The summed E-state index contributed by atoms with van der Waals surface area (Å²) in [6.45, 7) is 9.55. The molecule has 0 amide bonds. The Morgan fingerprint density at radius 2 is 1.36 bits per heavy atom. The monoisotopic (exact) mass is 382 g/mol. The average molecular weight is 383 g/mol. The van der Waals surface area contributed by atoms with Crippen molar-refractivity contribution in [3.8, 4) is 0 Å². The highest BCUT2D eigenvalue weighted by molar-refractivity contribution is 6.86. The van der Waals surface area contributed by atoms with E-state index >= 15 is 0 Å². The number of hydrogen-bond acceptors (Lipinski definition) is 0. The molecular formula is C27H30Si. The van der Waals surface area contributed by atoms with Crippen LogP contribution in [0.2, 0.25) is 17.6 Å².